The Balaban J connectivity index is 1.70. The standard InChI is InChI=1S/C17H17N7O/c1-23-10-14(9-20-23)12-6-15(25-2)17-13(8-21-24(17)11-12)7-18-16-4-3-5-19-22-16/h3-6,8-11H,7H2,1-2H3,(H,18,22). The first kappa shape index (κ1) is 15.1. The topological polar surface area (TPSA) is 82.2 Å². The summed E-state index contributed by atoms with van der Waals surface area (Å²) in [6, 6.07) is 5.71. The van der Waals surface area contributed by atoms with Crippen molar-refractivity contribution in [1.82, 2.24) is 29.6 Å². The smallest absolute Gasteiger partial charge is 0.148 e. The molecule has 4 rings (SSSR count). The lowest BCUT2D eigenvalue weighted by Crippen LogP contribution is -2.02. The van der Waals surface area contributed by atoms with E-state index in [-0.39, 0.29) is 0 Å². The van der Waals surface area contributed by atoms with Gasteiger partial charge in [0.15, 0.2) is 0 Å². The Bertz CT molecular complexity index is 1010. The molecule has 25 heavy (non-hydrogen) atoms. The van der Waals surface area contributed by atoms with E-state index in [9.17, 15) is 0 Å². The number of methoxy groups -OCH3 is 1. The molecule has 0 aromatic carbocycles. The van der Waals surface area contributed by atoms with Crippen LogP contribution >= 0.6 is 0 Å². The molecule has 1 N–H and O–H groups in total. The molecule has 0 atom stereocenters. The lowest BCUT2D eigenvalue weighted by molar-refractivity contribution is 0.417. The summed E-state index contributed by atoms with van der Waals surface area (Å²) in [5.74, 6) is 1.47. The Kier molecular flexibility index (Phi) is 3.77. The number of anilines is 1. The second-order valence-corrected chi connectivity index (χ2v) is 5.63. The lowest BCUT2D eigenvalue weighted by Gasteiger charge is -2.09. The Morgan fingerprint density at radius 1 is 1.16 bits per heavy atom. The van der Waals surface area contributed by atoms with Gasteiger partial charge in [-0.25, -0.2) is 4.52 Å². The molecule has 8 nitrogen and oxygen atoms in total. The van der Waals surface area contributed by atoms with E-state index >= 15 is 0 Å². The van der Waals surface area contributed by atoms with Gasteiger partial charge in [-0.3, -0.25) is 4.68 Å². The SMILES string of the molecule is COc1cc(-c2cnn(C)c2)cn2ncc(CNc3cccnn3)c12. The second-order valence-electron chi connectivity index (χ2n) is 5.63. The number of ether oxygens (including phenoxy) is 1. The molecule has 0 aliphatic carbocycles. The van der Waals surface area contributed by atoms with Gasteiger partial charge in [0.2, 0.25) is 0 Å². The van der Waals surface area contributed by atoms with Crippen molar-refractivity contribution in [3.05, 3.63) is 54.7 Å². The van der Waals surface area contributed by atoms with Crippen LogP contribution in [0, 0.1) is 0 Å². The third kappa shape index (κ3) is 2.89. The minimum absolute atomic E-state index is 0.574. The molecule has 0 amide bonds. The molecule has 0 fully saturated rings. The number of nitrogens with one attached hydrogen (secondary N) is 1. The first-order chi connectivity index (χ1) is 12.2. The van der Waals surface area contributed by atoms with E-state index in [1.165, 1.54) is 0 Å². The van der Waals surface area contributed by atoms with Gasteiger partial charge in [0.05, 0.1) is 19.5 Å². The monoisotopic (exact) mass is 335 g/mol. The highest BCUT2D eigenvalue weighted by atomic mass is 16.5. The summed E-state index contributed by atoms with van der Waals surface area (Å²) in [5, 5.41) is 19.8. The summed E-state index contributed by atoms with van der Waals surface area (Å²) in [4.78, 5) is 0. The summed E-state index contributed by atoms with van der Waals surface area (Å²) < 4.78 is 9.20. The van der Waals surface area contributed by atoms with Crippen LogP contribution in [-0.4, -0.2) is 36.7 Å². The number of fused-ring (bicyclic) bond motifs is 1. The van der Waals surface area contributed by atoms with Gasteiger partial charge in [-0.05, 0) is 18.2 Å². The summed E-state index contributed by atoms with van der Waals surface area (Å²) in [6.07, 6.45) is 9.22. The fourth-order valence-electron chi connectivity index (χ4n) is 2.74. The van der Waals surface area contributed by atoms with Crippen LogP contribution in [-0.2, 0) is 13.6 Å². The first-order valence-corrected chi connectivity index (χ1v) is 7.79. The van der Waals surface area contributed by atoms with Crippen LogP contribution in [0.15, 0.2) is 49.2 Å². The predicted molar refractivity (Wildman–Crippen MR) is 93.3 cm³/mol. The Morgan fingerprint density at radius 2 is 2.08 bits per heavy atom. The summed E-state index contributed by atoms with van der Waals surface area (Å²) in [6.45, 7) is 0.574. The van der Waals surface area contributed by atoms with Crippen LogP contribution in [0.3, 0.4) is 0 Å². The maximum absolute atomic E-state index is 5.60. The number of rotatable bonds is 5. The molecule has 4 heterocycles. The molecular weight excluding hydrogens is 318 g/mol. The van der Waals surface area contributed by atoms with Crippen LogP contribution in [0.2, 0.25) is 0 Å². The van der Waals surface area contributed by atoms with Gasteiger partial charge < -0.3 is 10.1 Å². The van der Waals surface area contributed by atoms with Crippen LogP contribution in [0.1, 0.15) is 5.56 Å². The van der Waals surface area contributed by atoms with E-state index < -0.39 is 0 Å². The van der Waals surface area contributed by atoms with Gasteiger partial charge in [-0.15, -0.1) is 5.10 Å². The van der Waals surface area contributed by atoms with E-state index in [1.807, 2.05) is 54.5 Å². The fourth-order valence-corrected chi connectivity index (χ4v) is 2.74. The molecule has 4 aromatic heterocycles. The van der Waals surface area contributed by atoms with Crippen molar-refractivity contribution in [1.29, 1.82) is 0 Å². The largest absolute Gasteiger partial charge is 0.494 e. The second kappa shape index (κ2) is 6.23. The molecule has 8 heteroatoms. The van der Waals surface area contributed by atoms with Crippen molar-refractivity contribution >= 4 is 11.3 Å². The highest BCUT2D eigenvalue weighted by molar-refractivity contribution is 5.73. The minimum Gasteiger partial charge on any atom is -0.494 e. The summed E-state index contributed by atoms with van der Waals surface area (Å²) >= 11 is 0. The van der Waals surface area contributed by atoms with Gasteiger partial charge in [0, 0.05) is 48.9 Å². The number of pyridine rings is 1. The molecule has 0 saturated heterocycles. The molecule has 4 aromatic rings. The molecular formula is C17H17N7O. The van der Waals surface area contributed by atoms with Crippen molar-refractivity contribution < 1.29 is 4.74 Å². The molecule has 0 aliphatic rings. The van der Waals surface area contributed by atoms with Crippen molar-refractivity contribution in [2.24, 2.45) is 7.05 Å². The average molecular weight is 335 g/mol. The van der Waals surface area contributed by atoms with Crippen LogP contribution < -0.4 is 10.1 Å². The van der Waals surface area contributed by atoms with Gasteiger partial charge >= 0.3 is 0 Å². The van der Waals surface area contributed by atoms with E-state index in [2.05, 4.69) is 25.7 Å². The van der Waals surface area contributed by atoms with Crippen LogP contribution in [0.4, 0.5) is 5.82 Å². The highest BCUT2D eigenvalue weighted by Crippen LogP contribution is 2.30. The van der Waals surface area contributed by atoms with E-state index in [0.717, 1.165) is 28.0 Å². The average Bonchev–Trinajstić information content (AvgIpc) is 3.26. The zero-order valence-electron chi connectivity index (χ0n) is 13.9. The number of hydrogen-bond acceptors (Lipinski definition) is 6. The van der Waals surface area contributed by atoms with E-state index in [4.69, 9.17) is 4.74 Å². The third-order valence-corrected chi connectivity index (χ3v) is 3.94. The molecule has 0 saturated carbocycles. The Hall–Kier alpha value is -3.42. The fraction of sp³-hybridized carbons (Fsp3) is 0.176. The molecule has 126 valence electrons. The summed E-state index contributed by atoms with van der Waals surface area (Å²) in [5.41, 5.74) is 3.94. The zero-order chi connectivity index (χ0) is 17.2. The number of aromatic nitrogens is 6. The van der Waals surface area contributed by atoms with Gasteiger partial charge in [0.1, 0.15) is 17.1 Å². The predicted octanol–water partition coefficient (Wildman–Crippen LogP) is 2.15. The molecule has 0 spiro atoms. The third-order valence-electron chi connectivity index (χ3n) is 3.94. The van der Waals surface area contributed by atoms with Crippen molar-refractivity contribution in [2.45, 2.75) is 6.54 Å². The van der Waals surface area contributed by atoms with Gasteiger partial charge in [-0.1, -0.05) is 0 Å². The van der Waals surface area contributed by atoms with Crippen molar-refractivity contribution in [2.75, 3.05) is 12.4 Å². The molecule has 0 aliphatic heterocycles. The van der Waals surface area contributed by atoms with E-state index in [1.54, 1.807) is 18.0 Å². The lowest BCUT2D eigenvalue weighted by atomic mass is 10.1. The molecule has 0 bridgehead atoms. The van der Waals surface area contributed by atoms with Crippen molar-refractivity contribution in [3.63, 3.8) is 0 Å². The first-order valence-electron chi connectivity index (χ1n) is 7.79. The normalized spacial score (nSPS) is 11.0. The zero-order valence-corrected chi connectivity index (χ0v) is 13.9. The van der Waals surface area contributed by atoms with Crippen LogP contribution in [0.25, 0.3) is 16.6 Å². The highest BCUT2D eigenvalue weighted by Gasteiger charge is 2.13. The summed E-state index contributed by atoms with van der Waals surface area (Å²) in [7, 11) is 3.55. The Morgan fingerprint density at radius 3 is 2.80 bits per heavy atom. The van der Waals surface area contributed by atoms with Gasteiger partial charge in [0.25, 0.3) is 0 Å². The van der Waals surface area contributed by atoms with Crippen LogP contribution in [0.5, 0.6) is 5.75 Å². The Labute approximate surface area is 144 Å². The minimum atomic E-state index is 0.574. The number of aryl methyl sites for hydroxylation is 1. The number of hydrogen-bond donors (Lipinski definition) is 1. The maximum atomic E-state index is 5.60. The van der Waals surface area contributed by atoms with E-state index in [0.29, 0.717) is 12.4 Å². The molecule has 0 radical (unpaired) electrons. The van der Waals surface area contributed by atoms with Crippen molar-refractivity contribution in [3.8, 4) is 16.9 Å². The quantitative estimate of drug-likeness (QED) is 0.602. The number of nitrogens with zero attached hydrogens (tertiary/aromatic N) is 6. The van der Waals surface area contributed by atoms with Gasteiger partial charge in [-0.2, -0.15) is 15.3 Å². The molecule has 0 unspecified atom stereocenters. The maximum Gasteiger partial charge on any atom is 0.148 e.